The molecule has 0 bridgehead atoms. The molecule has 0 saturated carbocycles. The molecule has 5 nitrogen and oxygen atoms in total. The fourth-order valence-corrected chi connectivity index (χ4v) is 4.70. The number of hydrogen-bond acceptors (Lipinski definition) is 5. The highest BCUT2D eigenvalue weighted by molar-refractivity contribution is 7.99. The largest absolute Gasteiger partial charge is 0.325 e. The van der Waals surface area contributed by atoms with E-state index in [9.17, 15) is 4.79 Å². The van der Waals surface area contributed by atoms with Crippen LogP contribution in [0.3, 0.4) is 0 Å². The SMILES string of the molecule is CCc1ccccc1NC(=O)CSc1nnc(-c2csc(C)c2CC)n1C. The third kappa shape index (κ3) is 4.25. The number of thioether (sulfide) groups is 1. The smallest absolute Gasteiger partial charge is 0.234 e. The van der Waals surface area contributed by atoms with Gasteiger partial charge in [-0.3, -0.25) is 4.79 Å². The maximum atomic E-state index is 12.4. The van der Waals surface area contributed by atoms with Gasteiger partial charge in [0.1, 0.15) is 0 Å². The molecule has 3 rings (SSSR count). The first kappa shape index (κ1) is 19.6. The first-order valence-electron chi connectivity index (χ1n) is 9.02. The number of rotatable bonds is 7. The van der Waals surface area contributed by atoms with Crippen LogP contribution in [0.5, 0.6) is 0 Å². The van der Waals surface area contributed by atoms with E-state index in [0.717, 1.165) is 40.6 Å². The minimum absolute atomic E-state index is 0.0360. The van der Waals surface area contributed by atoms with Crippen LogP contribution in [-0.2, 0) is 24.7 Å². The van der Waals surface area contributed by atoms with Crippen molar-refractivity contribution in [3.8, 4) is 11.4 Å². The number of hydrogen-bond donors (Lipinski definition) is 1. The Morgan fingerprint density at radius 1 is 1.22 bits per heavy atom. The standard InChI is InChI=1S/C20H24N4OS2/c1-5-14-9-7-8-10-17(14)21-18(25)12-27-20-23-22-19(24(20)4)16-11-26-13(3)15(16)6-2/h7-11H,5-6,12H2,1-4H3,(H,21,25). The van der Waals surface area contributed by atoms with Crippen LogP contribution in [0, 0.1) is 6.92 Å². The van der Waals surface area contributed by atoms with E-state index in [1.807, 2.05) is 35.9 Å². The number of thiophene rings is 1. The van der Waals surface area contributed by atoms with Gasteiger partial charge in [-0.15, -0.1) is 21.5 Å². The summed E-state index contributed by atoms with van der Waals surface area (Å²) in [5.41, 5.74) is 4.48. The normalized spacial score (nSPS) is 11.0. The van der Waals surface area contributed by atoms with Crippen molar-refractivity contribution in [3.63, 3.8) is 0 Å². The van der Waals surface area contributed by atoms with Gasteiger partial charge in [-0.1, -0.05) is 43.8 Å². The summed E-state index contributed by atoms with van der Waals surface area (Å²) in [6.45, 7) is 6.37. The van der Waals surface area contributed by atoms with Crippen molar-refractivity contribution in [2.75, 3.05) is 11.1 Å². The molecule has 1 amide bonds. The Labute approximate surface area is 168 Å². The Kier molecular flexibility index (Phi) is 6.34. The molecule has 0 aliphatic carbocycles. The number of anilines is 1. The van der Waals surface area contributed by atoms with E-state index in [1.165, 1.54) is 22.2 Å². The number of aryl methyl sites for hydroxylation is 2. The van der Waals surface area contributed by atoms with Gasteiger partial charge in [-0.2, -0.15) is 0 Å². The molecule has 142 valence electrons. The summed E-state index contributed by atoms with van der Waals surface area (Å²) in [7, 11) is 1.95. The molecule has 2 aromatic heterocycles. The number of amides is 1. The number of nitrogens with zero attached hydrogens (tertiary/aromatic N) is 3. The summed E-state index contributed by atoms with van der Waals surface area (Å²) < 4.78 is 1.97. The van der Waals surface area contributed by atoms with Crippen molar-refractivity contribution < 1.29 is 4.79 Å². The van der Waals surface area contributed by atoms with E-state index >= 15 is 0 Å². The summed E-state index contributed by atoms with van der Waals surface area (Å²) in [6, 6.07) is 7.89. The van der Waals surface area contributed by atoms with E-state index in [-0.39, 0.29) is 5.91 Å². The second kappa shape index (κ2) is 8.71. The Bertz CT molecular complexity index is 945. The second-order valence-electron chi connectivity index (χ2n) is 6.25. The van der Waals surface area contributed by atoms with Crippen LogP contribution < -0.4 is 5.32 Å². The first-order chi connectivity index (χ1) is 13.0. The molecule has 3 aromatic rings. The zero-order valence-corrected chi connectivity index (χ0v) is 17.7. The maximum absolute atomic E-state index is 12.4. The molecule has 0 saturated heterocycles. The number of nitrogens with one attached hydrogen (secondary N) is 1. The third-order valence-electron chi connectivity index (χ3n) is 4.54. The maximum Gasteiger partial charge on any atom is 0.234 e. The van der Waals surface area contributed by atoms with Gasteiger partial charge in [0.05, 0.1) is 5.75 Å². The fourth-order valence-electron chi connectivity index (χ4n) is 3.05. The van der Waals surface area contributed by atoms with Crippen LogP contribution in [-0.4, -0.2) is 26.4 Å². The topological polar surface area (TPSA) is 59.8 Å². The zero-order chi connectivity index (χ0) is 19.4. The molecule has 0 radical (unpaired) electrons. The molecule has 0 fully saturated rings. The quantitative estimate of drug-likeness (QED) is 0.584. The number of carbonyl (C=O) groups excluding carboxylic acids is 1. The predicted octanol–water partition coefficient (Wildman–Crippen LogP) is 4.71. The van der Waals surface area contributed by atoms with Crippen molar-refractivity contribution in [2.45, 2.75) is 38.8 Å². The molecular formula is C20H24N4OS2. The summed E-state index contributed by atoms with van der Waals surface area (Å²) in [5, 5.41) is 14.5. The minimum atomic E-state index is -0.0360. The van der Waals surface area contributed by atoms with Crippen LogP contribution in [0.1, 0.15) is 29.9 Å². The second-order valence-corrected chi connectivity index (χ2v) is 8.28. The molecule has 0 aliphatic rings. The Morgan fingerprint density at radius 3 is 2.74 bits per heavy atom. The summed E-state index contributed by atoms with van der Waals surface area (Å²) in [4.78, 5) is 13.7. The van der Waals surface area contributed by atoms with Gasteiger partial charge in [0.25, 0.3) is 0 Å². The lowest BCUT2D eigenvalue weighted by atomic mass is 10.1. The molecule has 1 N–H and O–H groups in total. The number of carbonyl (C=O) groups is 1. The van der Waals surface area contributed by atoms with Crippen LogP contribution >= 0.6 is 23.1 Å². The van der Waals surface area contributed by atoms with Gasteiger partial charge < -0.3 is 9.88 Å². The highest BCUT2D eigenvalue weighted by Gasteiger charge is 2.17. The van der Waals surface area contributed by atoms with Crippen molar-refractivity contribution in [1.29, 1.82) is 0 Å². The highest BCUT2D eigenvalue weighted by atomic mass is 32.2. The average Bonchev–Trinajstić information content (AvgIpc) is 3.22. The first-order valence-corrected chi connectivity index (χ1v) is 10.9. The van der Waals surface area contributed by atoms with Gasteiger partial charge in [0.2, 0.25) is 5.91 Å². The average molecular weight is 401 g/mol. The lowest BCUT2D eigenvalue weighted by molar-refractivity contribution is -0.113. The van der Waals surface area contributed by atoms with Crippen molar-refractivity contribution in [2.24, 2.45) is 7.05 Å². The number of benzene rings is 1. The van der Waals surface area contributed by atoms with Crippen molar-refractivity contribution >= 4 is 34.7 Å². The van der Waals surface area contributed by atoms with Gasteiger partial charge in [0.15, 0.2) is 11.0 Å². The Balaban J connectivity index is 1.68. The van der Waals surface area contributed by atoms with Crippen LogP contribution in [0.2, 0.25) is 0 Å². The number of para-hydroxylation sites is 1. The lowest BCUT2D eigenvalue weighted by Crippen LogP contribution is -2.15. The lowest BCUT2D eigenvalue weighted by Gasteiger charge is -2.09. The van der Waals surface area contributed by atoms with E-state index in [2.05, 4.69) is 41.7 Å². The molecule has 2 heterocycles. The number of aromatic nitrogens is 3. The molecular weight excluding hydrogens is 376 g/mol. The van der Waals surface area contributed by atoms with Gasteiger partial charge >= 0.3 is 0 Å². The minimum Gasteiger partial charge on any atom is -0.325 e. The summed E-state index contributed by atoms with van der Waals surface area (Å²) >= 11 is 3.14. The highest BCUT2D eigenvalue weighted by Crippen LogP contribution is 2.32. The zero-order valence-electron chi connectivity index (χ0n) is 16.1. The summed E-state index contributed by atoms with van der Waals surface area (Å²) in [6.07, 6.45) is 1.86. The van der Waals surface area contributed by atoms with Gasteiger partial charge in [-0.25, -0.2) is 0 Å². The van der Waals surface area contributed by atoms with E-state index in [0.29, 0.717) is 5.75 Å². The molecule has 0 aliphatic heterocycles. The van der Waals surface area contributed by atoms with Gasteiger partial charge in [0, 0.05) is 28.6 Å². The van der Waals surface area contributed by atoms with Gasteiger partial charge in [-0.05, 0) is 37.0 Å². The molecule has 7 heteroatoms. The molecule has 0 spiro atoms. The molecule has 1 aromatic carbocycles. The summed E-state index contributed by atoms with van der Waals surface area (Å²) in [5.74, 6) is 1.12. The van der Waals surface area contributed by atoms with Crippen LogP contribution in [0.15, 0.2) is 34.8 Å². The molecule has 0 atom stereocenters. The predicted molar refractivity (Wildman–Crippen MR) is 114 cm³/mol. The van der Waals surface area contributed by atoms with Crippen LogP contribution in [0.25, 0.3) is 11.4 Å². The Hall–Kier alpha value is -2.12. The van der Waals surface area contributed by atoms with E-state index in [1.54, 1.807) is 11.3 Å². The Morgan fingerprint density at radius 2 is 2.00 bits per heavy atom. The van der Waals surface area contributed by atoms with Crippen LogP contribution in [0.4, 0.5) is 5.69 Å². The monoisotopic (exact) mass is 400 g/mol. The molecule has 27 heavy (non-hydrogen) atoms. The third-order valence-corrected chi connectivity index (χ3v) is 6.51. The fraction of sp³-hybridized carbons (Fsp3) is 0.350. The van der Waals surface area contributed by atoms with Crippen molar-refractivity contribution in [1.82, 2.24) is 14.8 Å². The van der Waals surface area contributed by atoms with E-state index in [4.69, 9.17) is 0 Å². The molecule has 0 unspecified atom stereocenters. The van der Waals surface area contributed by atoms with Crippen molar-refractivity contribution in [3.05, 3.63) is 45.6 Å². The van der Waals surface area contributed by atoms with E-state index < -0.39 is 0 Å².